The average molecular weight is 368 g/mol. The van der Waals surface area contributed by atoms with Gasteiger partial charge in [-0.15, -0.1) is 0 Å². The maximum atomic E-state index is 13.0. The van der Waals surface area contributed by atoms with Crippen molar-refractivity contribution in [2.75, 3.05) is 5.73 Å². The summed E-state index contributed by atoms with van der Waals surface area (Å²) in [6.45, 7) is 7.40. The number of rotatable bonds is 5. The monoisotopic (exact) mass is 368 g/mol. The van der Waals surface area contributed by atoms with Gasteiger partial charge < -0.3 is 0 Å². The molecule has 1 aromatic carbocycles. The standard InChI is InChI=1S/C20H17BN6O/c1-3-5-12-9-18(24-15(12)6-4-2)19(28)14-11-23-27(20(14)22)13-7-8-16-17(10-13)26-21-25-16/h3-11,24-25H,1-2,22H2/b12-5-,15-6+. The zero-order valence-corrected chi connectivity index (χ0v) is 15.0. The van der Waals surface area contributed by atoms with Gasteiger partial charge in [-0.05, 0) is 0 Å². The van der Waals surface area contributed by atoms with Crippen LogP contribution >= 0.6 is 0 Å². The summed E-state index contributed by atoms with van der Waals surface area (Å²) in [6, 6.07) is 7.36. The zero-order valence-electron chi connectivity index (χ0n) is 15.0. The SMILES string of the molecule is C=C/C=c1/cc(C(=O)c2cnn(-c3ccc4[nH]bnc4c3)c2N)[nH]/c1=C/C=C. The predicted molar refractivity (Wildman–Crippen MR) is 112 cm³/mol. The first kappa shape index (κ1) is 17.5. The molecule has 0 spiro atoms. The number of allylic oxidation sites excluding steroid dienone is 2. The number of H-pyrrole nitrogens is 2. The number of anilines is 1. The van der Waals surface area contributed by atoms with Crippen LogP contribution in [0.25, 0.3) is 28.9 Å². The van der Waals surface area contributed by atoms with Crippen molar-refractivity contribution >= 4 is 42.0 Å². The van der Waals surface area contributed by atoms with E-state index in [0.29, 0.717) is 11.3 Å². The van der Waals surface area contributed by atoms with Gasteiger partial charge in [0.1, 0.15) is 0 Å². The van der Waals surface area contributed by atoms with Gasteiger partial charge in [-0.2, -0.15) is 0 Å². The molecule has 0 atom stereocenters. The number of fused-ring (bicyclic) bond motifs is 1. The van der Waals surface area contributed by atoms with Crippen LogP contribution in [0, 0.1) is 0 Å². The van der Waals surface area contributed by atoms with E-state index in [0.717, 1.165) is 27.3 Å². The van der Waals surface area contributed by atoms with Crippen LogP contribution in [-0.2, 0) is 0 Å². The molecular formula is C20H17BN6O. The number of nitrogens with one attached hydrogen (secondary N) is 2. The van der Waals surface area contributed by atoms with Gasteiger partial charge >= 0.3 is 135 Å². The molecule has 4 N–H and O–H groups in total. The number of aromatic nitrogens is 5. The molecule has 3 aromatic heterocycles. The summed E-state index contributed by atoms with van der Waals surface area (Å²) in [4.78, 5) is 23.4. The molecule has 0 saturated carbocycles. The van der Waals surface area contributed by atoms with Crippen LogP contribution in [0.3, 0.4) is 0 Å². The Balaban J connectivity index is 1.77. The second-order valence-electron chi connectivity index (χ2n) is 6.15. The van der Waals surface area contributed by atoms with Crippen LogP contribution in [0.4, 0.5) is 5.82 Å². The first-order valence-electron chi connectivity index (χ1n) is 8.58. The molecule has 0 aliphatic rings. The fourth-order valence-corrected chi connectivity index (χ4v) is 3.07. The topological polar surface area (TPSA) is 105 Å². The van der Waals surface area contributed by atoms with E-state index in [1.165, 1.54) is 10.9 Å². The van der Waals surface area contributed by atoms with Crippen molar-refractivity contribution in [2.45, 2.75) is 0 Å². The first-order chi connectivity index (χ1) is 13.6. The molecular weight excluding hydrogens is 351 g/mol. The van der Waals surface area contributed by atoms with Crippen LogP contribution in [-0.4, -0.2) is 37.5 Å². The summed E-state index contributed by atoms with van der Waals surface area (Å²) in [5.41, 5.74) is 9.40. The molecule has 8 heteroatoms. The van der Waals surface area contributed by atoms with Crippen molar-refractivity contribution in [1.82, 2.24) is 24.5 Å². The number of hydrogen-bond donors (Lipinski definition) is 3. The van der Waals surface area contributed by atoms with E-state index in [1.54, 1.807) is 31.5 Å². The Hall–Kier alpha value is -3.94. The van der Waals surface area contributed by atoms with Gasteiger partial charge in [0.25, 0.3) is 0 Å². The summed E-state index contributed by atoms with van der Waals surface area (Å²) in [5.74, 6) is 0.0185. The number of nitrogens with zero attached hydrogens (tertiary/aromatic N) is 3. The Bertz CT molecular complexity index is 1300. The minimum atomic E-state index is -0.243. The molecule has 0 bridgehead atoms. The number of carbonyl (C=O) groups is 1. The summed E-state index contributed by atoms with van der Waals surface area (Å²) in [5, 5.41) is 5.91. The van der Waals surface area contributed by atoms with Crippen molar-refractivity contribution < 1.29 is 4.79 Å². The van der Waals surface area contributed by atoms with E-state index in [2.05, 4.69) is 33.0 Å². The molecule has 0 radical (unpaired) electrons. The number of nitrogens with two attached hydrogens (primary N) is 1. The Morgan fingerprint density at radius 2 is 2.04 bits per heavy atom. The molecule has 0 fully saturated rings. The number of hydrogen-bond acceptors (Lipinski definition) is 4. The van der Waals surface area contributed by atoms with Crippen LogP contribution in [0.15, 0.2) is 55.8 Å². The minimum Gasteiger partial charge on any atom is -0.0990 e. The van der Waals surface area contributed by atoms with Crippen LogP contribution in [0.1, 0.15) is 16.1 Å². The Morgan fingerprint density at radius 1 is 1.21 bits per heavy atom. The molecule has 136 valence electrons. The summed E-state index contributed by atoms with van der Waals surface area (Å²) in [6.07, 6.45) is 8.39. The van der Waals surface area contributed by atoms with E-state index >= 15 is 0 Å². The van der Waals surface area contributed by atoms with E-state index in [-0.39, 0.29) is 11.6 Å². The molecule has 0 unspecified atom stereocenters. The average Bonchev–Trinajstić information content (AvgIpc) is 3.40. The van der Waals surface area contributed by atoms with Crippen molar-refractivity contribution in [3.63, 3.8) is 0 Å². The fourth-order valence-electron chi connectivity index (χ4n) is 3.07. The van der Waals surface area contributed by atoms with E-state index in [4.69, 9.17) is 5.73 Å². The predicted octanol–water partition coefficient (Wildman–Crippen LogP) is 1.16. The van der Waals surface area contributed by atoms with E-state index in [9.17, 15) is 4.79 Å². The Kier molecular flexibility index (Phi) is 4.37. The first-order valence-corrected chi connectivity index (χ1v) is 8.58. The molecule has 7 nitrogen and oxygen atoms in total. The number of aromatic amines is 2. The number of carbonyl (C=O) groups excluding carboxylic acids is 1. The summed E-state index contributed by atoms with van der Waals surface area (Å²) < 4.78 is 1.53. The molecule has 4 rings (SSSR count). The Labute approximate surface area is 160 Å². The van der Waals surface area contributed by atoms with Crippen molar-refractivity contribution in [3.05, 3.63) is 77.6 Å². The number of benzene rings is 1. The molecule has 28 heavy (non-hydrogen) atoms. The normalized spacial score (nSPS) is 12.4. The van der Waals surface area contributed by atoms with Gasteiger partial charge in [0.05, 0.1) is 0 Å². The van der Waals surface area contributed by atoms with Crippen LogP contribution in [0.5, 0.6) is 0 Å². The molecule has 0 amide bonds. The van der Waals surface area contributed by atoms with Crippen molar-refractivity contribution in [1.29, 1.82) is 0 Å². The second kappa shape index (κ2) is 7.00. The van der Waals surface area contributed by atoms with Gasteiger partial charge in [-0.1, -0.05) is 25.3 Å². The quantitative estimate of drug-likeness (QED) is 0.460. The van der Waals surface area contributed by atoms with Gasteiger partial charge in [0.2, 0.25) is 0 Å². The van der Waals surface area contributed by atoms with E-state index in [1.807, 2.05) is 24.3 Å². The number of nitrogen functional groups attached to an aromatic ring is 1. The molecule has 3 heterocycles. The third-order valence-electron chi connectivity index (χ3n) is 4.41. The van der Waals surface area contributed by atoms with Crippen LogP contribution < -0.4 is 16.3 Å². The van der Waals surface area contributed by atoms with E-state index < -0.39 is 0 Å². The molecule has 4 aromatic rings. The third-order valence-corrected chi connectivity index (χ3v) is 4.41. The molecule has 0 aliphatic heterocycles. The smallest absolute Gasteiger partial charge is 0.0990 e. The van der Waals surface area contributed by atoms with Crippen molar-refractivity contribution in [2.24, 2.45) is 0 Å². The molecule has 0 aliphatic carbocycles. The van der Waals surface area contributed by atoms with Gasteiger partial charge in [0, 0.05) is 0 Å². The van der Waals surface area contributed by atoms with Gasteiger partial charge in [0.15, 0.2) is 0 Å². The Morgan fingerprint density at radius 3 is 2.82 bits per heavy atom. The van der Waals surface area contributed by atoms with Crippen LogP contribution in [0.2, 0.25) is 0 Å². The van der Waals surface area contributed by atoms with Gasteiger partial charge in [-0.25, -0.2) is 0 Å². The third kappa shape index (κ3) is 2.90. The summed E-state index contributed by atoms with van der Waals surface area (Å²) in [7, 11) is 1.62. The van der Waals surface area contributed by atoms with Gasteiger partial charge in [-0.3, -0.25) is 0 Å². The number of ketones is 1. The molecule has 0 saturated heterocycles. The minimum absolute atomic E-state index is 0.243. The maximum absolute atomic E-state index is 13.0. The zero-order chi connectivity index (χ0) is 19.7. The summed E-state index contributed by atoms with van der Waals surface area (Å²) >= 11 is 0. The second-order valence-corrected chi connectivity index (χ2v) is 6.15. The fraction of sp³-hybridized carbons (Fsp3) is 0. The van der Waals surface area contributed by atoms with Crippen molar-refractivity contribution in [3.8, 4) is 5.69 Å².